The van der Waals surface area contributed by atoms with Gasteiger partial charge in [0, 0.05) is 5.75 Å². The number of carboxylic acid groups (broad SMARTS) is 1. The van der Waals surface area contributed by atoms with Gasteiger partial charge in [-0.05, 0) is 24.7 Å². The monoisotopic (exact) mass is 239 g/mol. The first-order valence-electron chi connectivity index (χ1n) is 5.16. The van der Waals surface area contributed by atoms with Gasteiger partial charge in [-0.1, -0.05) is 30.3 Å². The van der Waals surface area contributed by atoms with Gasteiger partial charge in [0.05, 0.1) is 0 Å². The van der Waals surface area contributed by atoms with Gasteiger partial charge in [-0.3, -0.25) is 4.79 Å². The van der Waals surface area contributed by atoms with Gasteiger partial charge in [0.25, 0.3) is 0 Å². The highest BCUT2D eigenvalue weighted by molar-refractivity contribution is 7.98. The Labute approximate surface area is 100 Å². The van der Waals surface area contributed by atoms with Crippen molar-refractivity contribution in [1.29, 1.82) is 0 Å². The summed E-state index contributed by atoms with van der Waals surface area (Å²) < 4.78 is 0. The summed E-state index contributed by atoms with van der Waals surface area (Å²) in [5, 5.41) is 8.82. The van der Waals surface area contributed by atoms with Crippen LogP contribution in [0.25, 0.3) is 0 Å². The van der Waals surface area contributed by atoms with Crippen LogP contribution < -0.4 is 5.73 Å². The number of hydrogen-bond donors (Lipinski definition) is 2. The fourth-order valence-corrected chi connectivity index (χ4v) is 2.30. The molecule has 0 unspecified atom stereocenters. The van der Waals surface area contributed by atoms with Gasteiger partial charge in [0.15, 0.2) is 0 Å². The topological polar surface area (TPSA) is 63.3 Å². The Morgan fingerprint density at radius 1 is 1.44 bits per heavy atom. The lowest BCUT2D eigenvalue weighted by atomic mass is 10.0. The Balaban J connectivity index is 2.25. The molecule has 88 valence electrons. The molecular formula is C12H17NO2S. The first kappa shape index (κ1) is 13.1. The molecule has 0 amide bonds. The Morgan fingerprint density at radius 2 is 2.06 bits per heavy atom. The van der Waals surface area contributed by atoms with E-state index in [-0.39, 0.29) is 0 Å². The predicted octanol–water partition coefficient (Wildman–Crippen LogP) is 2.11. The average Bonchev–Trinajstić information content (AvgIpc) is 2.26. The van der Waals surface area contributed by atoms with E-state index in [1.54, 1.807) is 18.7 Å². The predicted molar refractivity (Wildman–Crippen MR) is 67.4 cm³/mol. The van der Waals surface area contributed by atoms with Crippen molar-refractivity contribution in [2.24, 2.45) is 5.73 Å². The maximum absolute atomic E-state index is 10.8. The van der Waals surface area contributed by atoms with Crippen LogP contribution in [0.2, 0.25) is 0 Å². The van der Waals surface area contributed by atoms with Crippen molar-refractivity contribution in [2.45, 2.75) is 24.6 Å². The van der Waals surface area contributed by atoms with E-state index in [4.69, 9.17) is 10.8 Å². The first-order valence-corrected chi connectivity index (χ1v) is 6.32. The zero-order chi connectivity index (χ0) is 12.0. The molecule has 0 heterocycles. The summed E-state index contributed by atoms with van der Waals surface area (Å²) in [6, 6.07) is 10.1. The third kappa shape index (κ3) is 4.24. The van der Waals surface area contributed by atoms with Crippen LogP contribution in [0.15, 0.2) is 30.3 Å². The third-order valence-electron chi connectivity index (χ3n) is 2.37. The van der Waals surface area contributed by atoms with E-state index in [0.29, 0.717) is 6.42 Å². The van der Waals surface area contributed by atoms with Crippen LogP contribution in [0.4, 0.5) is 0 Å². The first-order chi connectivity index (χ1) is 7.52. The quantitative estimate of drug-likeness (QED) is 0.746. The van der Waals surface area contributed by atoms with E-state index < -0.39 is 11.5 Å². The minimum absolute atomic E-state index is 0.486. The van der Waals surface area contributed by atoms with Crippen molar-refractivity contribution < 1.29 is 9.90 Å². The summed E-state index contributed by atoms with van der Waals surface area (Å²) in [6.07, 6.45) is 0.486. The van der Waals surface area contributed by atoms with Gasteiger partial charge in [-0.25, -0.2) is 0 Å². The van der Waals surface area contributed by atoms with Crippen molar-refractivity contribution in [3.8, 4) is 0 Å². The molecule has 3 nitrogen and oxygen atoms in total. The fourth-order valence-electron chi connectivity index (χ4n) is 1.16. The van der Waals surface area contributed by atoms with Crippen LogP contribution >= 0.6 is 11.8 Å². The summed E-state index contributed by atoms with van der Waals surface area (Å²) >= 11 is 1.71. The standard InChI is InChI=1S/C12H17NO2S/c1-12(13,11(14)15)7-8-16-9-10-5-3-2-4-6-10/h2-6H,7-9,13H2,1H3,(H,14,15)/t12-/m0/s1. The van der Waals surface area contributed by atoms with E-state index in [0.717, 1.165) is 11.5 Å². The molecule has 0 aliphatic heterocycles. The van der Waals surface area contributed by atoms with Gasteiger partial charge < -0.3 is 10.8 Å². The van der Waals surface area contributed by atoms with Crippen LogP contribution in [-0.2, 0) is 10.5 Å². The maximum Gasteiger partial charge on any atom is 0.323 e. The van der Waals surface area contributed by atoms with E-state index >= 15 is 0 Å². The zero-order valence-corrected chi connectivity index (χ0v) is 10.2. The molecule has 0 saturated carbocycles. The molecule has 1 aromatic carbocycles. The molecular weight excluding hydrogens is 222 g/mol. The maximum atomic E-state index is 10.8. The molecule has 0 spiro atoms. The summed E-state index contributed by atoms with van der Waals surface area (Å²) in [4.78, 5) is 10.8. The molecule has 0 aromatic heterocycles. The second-order valence-corrected chi connectivity index (χ2v) is 5.12. The highest BCUT2D eigenvalue weighted by Crippen LogP contribution is 2.16. The fraction of sp³-hybridized carbons (Fsp3) is 0.417. The van der Waals surface area contributed by atoms with Gasteiger partial charge >= 0.3 is 5.97 Å². The number of benzene rings is 1. The van der Waals surface area contributed by atoms with Gasteiger partial charge in [-0.2, -0.15) is 11.8 Å². The number of hydrogen-bond acceptors (Lipinski definition) is 3. The molecule has 0 fully saturated rings. The summed E-state index contributed by atoms with van der Waals surface area (Å²) in [6.45, 7) is 1.55. The lowest BCUT2D eigenvalue weighted by molar-refractivity contribution is -0.142. The van der Waals surface area contributed by atoms with Gasteiger partial charge in [0.1, 0.15) is 5.54 Å². The number of aliphatic carboxylic acids is 1. The summed E-state index contributed by atoms with van der Waals surface area (Å²) in [5.74, 6) is 0.720. The van der Waals surface area contributed by atoms with Gasteiger partial charge in [0.2, 0.25) is 0 Å². The van der Waals surface area contributed by atoms with Crippen molar-refractivity contribution in [3.05, 3.63) is 35.9 Å². The number of carbonyl (C=O) groups is 1. The van der Waals surface area contributed by atoms with Crippen molar-refractivity contribution in [3.63, 3.8) is 0 Å². The minimum Gasteiger partial charge on any atom is -0.480 e. The van der Waals surface area contributed by atoms with Crippen molar-refractivity contribution in [1.82, 2.24) is 0 Å². The van der Waals surface area contributed by atoms with Crippen molar-refractivity contribution >= 4 is 17.7 Å². The molecule has 0 saturated heterocycles. The molecule has 0 aliphatic carbocycles. The third-order valence-corrected chi connectivity index (χ3v) is 3.40. The number of rotatable bonds is 6. The molecule has 1 atom stereocenters. The largest absolute Gasteiger partial charge is 0.480 e. The lowest BCUT2D eigenvalue weighted by Crippen LogP contribution is -2.45. The Morgan fingerprint density at radius 3 is 2.62 bits per heavy atom. The average molecular weight is 239 g/mol. The minimum atomic E-state index is -1.11. The zero-order valence-electron chi connectivity index (χ0n) is 9.35. The second-order valence-electron chi connectivity index (χ2n) is 4.01. The SMILES string of the molecule is C[C@](N)(CCSCc1ccccc1)C(=O)O. The van der Waals surface area contributed by atoms with Gasteiger partial charge in [-0.15, -0.1) is 0 Å². The van der Waals surface area contributed by atoms with E-state index in [9.17, 15) is 4.79 Å². The number of carboxylic acids is 1. The van der Waals surface area contributed by atoms with E-state index in [1.807, 2.05) is 18.2 Å². The normalized spacial score (nSPS) is 14.4. The van der Waals surface area contributed by atoms with E-state index in [1.165, 1.54) is 5.56 Å². The Bertz CT molecular complexity index is 338. The second kappa shape index (κ2) is 5.92. The highest BCUT2D eigenvalue weighted by atomic mass is 32.2. The van der Waals surface area contributed by atoms with Crippen molar-refractivity contribution in [2.75, 3.05) is 5.75 Å². The number of thioether (sulfide) groups is 1. The van der Waals surface area contributed by atoms with Crippen LogP contribution in [0.1, 0.15) is 18.9 Å². The molecule has 0 radical (unpaired) electrons. The molecule has 3 N–H and O–H groups in total. The molecule has 0 aliphatic rings. The summed E-state index contributed by atoms with van der Waals surface area (Å²) in [5.41, 5.74) is 5.77. The van der Waals surface area contributed by atoms with Crippen LogP contribution in [0.5, 0.6) is 0 Å². The molecule has 16 heavy (non-hydrogen) atoms. The Hall–Kier alpha value is -1.00. The van der Waals surface area contributed by atoms with Crippen LogP contribution in [-0.4, -0.2) is 22.4 Å². The van der Waals surface area contributed by atoms with Crippen LogP contribution in [0, 0.1) is 0 Å². The lowest BCUT2D eigenvalue weighted by Gasteiger charge is -2.18. The molecule has 4 heteroatoms. The Kier molecular flexibility index (Phi) is 4.83. The molecule has 0 bridgehead atoms. The van der Waals surface area contributed by atoms with Crippen LogP contribution in [0.3, 0.4) is 0 Å². The molecule has 1 aromatic rings. The highest BCUT2D eigenvalue weighted by Gasteiger charge is 2.26. The number of nitrogens with two attached hydrogens (primary N) is 1. The summed E-state index contributed by atoms with van der Waals surface area (Å²) in [7, 11) is 0. The molecule has 1 rings (SSSR count). The van der Waals surface area contributed by atoms with E-state index in [2.05, 4.69) is 12.1 Å². The smallest absolute Gasteiger partial charge is 0.323 e.